The number of ether oxygens (including phenoxy) is 1. The standard InChI is InChI=1S/C17H14FNO2/c1-10-6-7-13(18)11(8-10)17(20)12-9-19-14-4-3-5-15(21-2)16(12)14/h3-9,19H,1-2H3. The zero-order valence-electron chi connectivity index (χ0n) is 11.7. The first-order valence-electron chi connectivity index (χ1n) is 6.56. The lowest BCUT2D eigenvalue weighted by Crippen LogP contribution is -2.04. The van der Waals surface area contributed by atoms with Crippen LogP contribution in [0.4, 0.5) is 4.39 Å². The zero-order valence-corrected chi connectivity index (χ0v) is 11.7. The predicted molar refractivity (Wildman–Crippen MR) is 79.4 cm³/mol. The largest absolute Gasteiger partial charge is 0.496 e. The highest BCUT2D eigenvalue weighted by Gasteiger charge is 2.20. The first-order valence-corrected chi connectivity index (χ1v) is 6.56. The van der Waals surface area contributed by atoms with Crippen LogP contribution in [-0.2, 0) is 0 Å². The number of fused-ring (bicyclic) bond motifs is 1. The molecule has 0 atom stereocenters. The van der Waals surface area contributed by atoms with Gasteiger partial charge >= 0.3 is 0 Å². The van der Waals surface area contributed by atoms with E-state index in [-0.39, 0.29) is 11.3 Å². The quantitative estimate of drug-likeness (QED) is 0.742. The lowest BCUT2D eigenvalue weighted by Gasteiger charge is -2.06. The van der Waals surface area contributed by atoms with Gasteiger partial charge in [0, 0.05) is 11.7 Å². The molecule has 0 bridgehead atoms. The van der Waals surface area contributed by atoms with Crippen molar-refractivity contribution >= 4 is 16.7 Å². The smallest absolute Gasteiger partial charge is 0.198 e. The average molecular weight is 283 g/mol. The van der Waals surface area contributed by atoms with Gasteiger partial charge in [0.25, 0.3) is 0 Å². The Morgan fingerprint density at radius 3 is 2.76 bits per heavy atom. The summed E-state index contributed by atoms with van der Waals surface area (Å²) in [4.78, 5) is 15.7. The maximum Gasteiger partial charge on any atom is 0.198 e. The van der Waals surface area contributed by atoms with Crippen LogP contribution in [0.5, 0.6) is 5.75 Å². The number of carbonyl (C=O) groups is 1. The van der Waals surface area contributed by atoms with Crippen LogP contribution < -0.4 is 4.74 Å². The normalized spacial score (nSPS) is 10.8. The van der Waals surface area contributed by atoms with Gasteiger partial charge < -0.3 is 9.72 Å². The SMILES string of the molecule is COc1cccc2[nH]cc(C(=O)c3cc(C)ccc3F)c12. The van der Waals surface area contributed by atoms with Gasteiger partial charge in [-0.15, -0.1) is 0 Å². The molecule has 0 saturated carbocycles. The van der Waals surface area contributed by atoms with Gasteiger partial charge in [0.2, 0.25) is 0 Å². The van der Waals surface area contributed by atoms with Gasteiger partial charge in [-0.25, -0.2) is 4.39 Å². The van der Waals surface area contributed by atoms with E-state index < -0.39 is 5.82 Å². The Morgan fingerprint density at radius 2 is 2.00 bits per heavy atom. The molecule has 0 aliphatic carbocycles. The van der Waals surface area contributed by atoms with Crippen LogP contribution in [0.2, 0.25) is 0 Å². The Labute approximate surface area is 121 Å². The zero-order chi connectivity index (χ0) is 15.0. The van der Waals surface area contributed by atoms with Gasteiger partial charge in [-0.2, -0.15) is 0 Å². The van der Waals surface area contributed by atoms with Crippen molar-refractivity contribution in [2.75, 3.05) is 7.11 Å². The summed E-state index contributed by atoms with van der Waals surface area (Å²) in [5, 5.41) is 0.672. The van der Waals surface area contributed by atoms with Crippen molar-refractivity contribution in [2.45, 2.75) is 6.92 Å². The van der Waals surface area contributed by atoms with Crippen LogP contribution >= 0.6 is 0 Å². The molecule has 3 rings (SSSR count). The summed E-state index contributed by atoms with van der Waals surface area (Å²) >= 11 is 0. The van der Waals surface area contributed by atoms with E-state index in [4.69, 9.17) is 4.74 Å². The summed E-state index contributed by atoms with van der Waals surface area (Å²) in [5.74, 6) is -0.285. The third kappa shape index (κ3) is 2.18. The van der Waals surface area contributed by atoms with Crippen LogP contribution in [-0.4, -0.2) is 17.9 Å². The minimum Gasteiger partial charge on any atom is -0.496 e. The molecule has 0 amide bonds. The molecule has 0 aliphatic heterocycles. The number of rotatable bonds is 3. The molecule has 0 spiro atoms. The van der Waals surface area contributed by atoms with Crippen LogP contribution in [0, 0.1) is 12.7 Å². The number of benzene rings is 2. The van der Waals surface area contributed by atoms with Crippen LogP contribution in [0.1, 0.15) is 21.5 Å². The second-order valence-corrected chi connectivity index (χ2v) is 4.90. The van der Waals surface area contributed by atoms with E-state index in [1.54, 1.807) is 31.5 Å². The topological polar surface area (TPSA) is 42.1 Å². The second kappa shape index (κ2) is 5.05. The summed E-state index contributed by atoms with van der Waals surface area (Å²) < 4.78 is 19.2. The molecule has 1 aromatic heterocycles. The van der Waals surface area contributed by atoms with Gasteiger partial charge in [-0.3, -0.25) is 4.79 Å². The maximum atomic E-state index is 13.9. The summed E-state index contributed by atoms with van der Waals surface area (Å²) in [6.07, 6.45) is 1.59. The van der Waals surface area contributed by atoms with Crippen LogP contribution in [0.25, 0.3) is 10.9 Å². The van der Waals surface area contributed by atoms with E-state index in [0.29, 0.717) is 16.7 Å². The molecule has 21 heavy (non-hydrogen) atoms. The van der Waals surface area contributed by atoms with Crippen LogP contribution in [0.15, 0.2) is 42.6 Å². The highest BCUT2D eigenvalue weighted by molar-refractivity contribution is 6.17. The molecule has 1 N–H and O–H groups in total. The number of aryl methyl sites for hydroxylation is 1. The molecule has 0 saturated heterocycles. The molecule has 3 nitrogen and oxygen atoms in total. The Hall–Kier alpha value is -2.62. The molecular formula is C17H14FNO2. The molecule has 0 unspecified atom stereocenters. The molecule has 0 radical (unpaired) electrons. The minimum absolute atomic E-state index is 0.0711. The Kier molecular flexibility index (Phi) is 3.22. The van der Waals surface area contributed by atoms with E-state index in [1.165, 1.54) is 6.07 Å². The molecule has 0 fully saturated rings. The summed E-state index contributed by atoms with van der Waals surface area (Å²) in [6, 6.07) is 9.97. The molecule has 1 heterocycles. The van der Waals surface area contributed by atoms with Crippen molar-refractivity contribution in [3.8, 4) is 5.75 Å². The lowest BCUT2D eigenvalue weighted by molar-refractivity contribution is 0.103. The number of methoxy groups -OCH3 is 1. The highest BCUT2D eigenvalue weighted by atomic mass is 19.1. The van der Waals surface area contributed by atoms with Crippen molar-refractivity contribution in [1.29, 1.82) is 0 Å². The lowest BCUT2D eigenvalue weighted by atomic mass is 10.00. The molecule has 4 heteroatoms. The van der Waals surface area contributed by atoms with Gasteiger partial charge in [0.15, 0.2) is 5.78 Å². The minimum atomic E-state index is -0.519. The maximum absolute atomic E-state index is 13.9. The fourth-order valence-electron chi connectivity index (χ4n) is 2.46. The van der Waals surface area contributed by atoms with Crippen molar-refractivity contribution in [3.05, 3.63) is 65.1 Å². The van der Waals surface area contributed by atoms with Gasteiger partial charge in [0.05, 0.1) is 23.6 Å². The van der Waals surface area contributed by atoms with Crippen molar-refractivity contribution in [3.63, 3.8) is 0 Å². The van der Waals surface area contributed by atoms with Crippen molar-refractivity contribution in [2.24, 2.45) is 0 Å². The van der Waals surface area contributed by atoms with Gasteiger partial charge in [-0.1, -0.05) is 17.7 Å². The first kappa shape index (κ1) is 13.4. The van der Waals surface area contributed by atoms with E-state index in [2.05, 4.69) is 4.98 Å². The van der Waals surface area contributed by atoms with Crippen LogP contribution in [0.3, 0.4) is 0 Å². The molecule has 0 aliphatic rings. The monoisotopic (exact) mass is 283 g/mol. The summed E-state index contributed by atoms with van der Waals surface area (Å²) in [5.41, 5.74) is 2.10. The fourth-order valence-corrected chi connectivity index (χ4v) is 2.46. The van der Waals surface area contributed by atoms with Crippen molar-refractivity contribution in [1.82, 2.24) is 4.98 Å². The van der Waals surface area contributed by atoms with Crippen molar-refractivity contribution < 1.29 is 13.9 Å². The predicted octanol–water partition coefficient (Wildman–Crippen LogP) is 3.86. The average Bonchev–Trinajstić information content (AvgIpc) is 2.93. The second-order valence-electron chi connectivity index (χ2n) is 4.90. The van der Waals surface area contributed by atoms with E-state index in [0.717, 1.165) is 11.1 Å². The Balaban J connectivity index is 2.20. The first-order chi connectivity index (χ1) is 10.1. The van der Waals surface area contributed by atoms with E-state index in [1.807, 2.05) is 19.1 Å². The van der Waals surface area contributed by atoms with Gasteiger partial charge in [0.1, 0.15) is 11.6 Å². The number of nitrogens with one attached hydrogen (secondary N) is 1. The number of hydrogen-bond donors (Lipinski definition) is 1. The van der Waals surface area contributed by atoms with E-state index in [9.17, 15) is 9.18 Å². The Morgan fingerprint density at radius 1 is 1.19 bits per heavy atom. The Bertz CT molecular complexity index is 836. The molecular weight excluding hydrogens is 269 g/mol. The highest BCUT2D eigenvalue weighted by Crippen LogP contribution is 2.30. The third-order valence-corrected chi connectivity index (χ3v) is 3.50. The molecule has 2 aromatic carbocycles. The number of halogens is 1. The van der Waals surface area contributed by atoms with E-state index >= 15 is 0 Å². The molecule has 3 aromatic rings. The number of H-pyrrole nitrogens is 1. The molecule has 106 valence electrons. The number of aromatic nitrogens is 1. The number of ketones is 1. The van der Waals surface area contributed by atoms with Gasteiger partial charge in [-0.05, 0) is 31.2 Å². The number of carbonyl (C=O) groups excluding carboxylic acids is 1. The fraction of sp³-hybridized carbons (Fsp3) is 0.118. The number of aromatic amines is 1. The summed E-state index contributed by atoms with van der Waals surface area (Å²) in [6.45, 7) is 1.83. The number of hydrogen-bond acceptors (Lipinski definition) is 2. The third-order valence-electron chi connectivity index (χ3n) is 3.50. The summed E-state index contributed by atoms with van der Waals surface area (Å²) in [7, 11) is 1.54.